The van der Waals surface area contributed by atoms with Gasteiger partial charge in [-0.15, -0.1) is 0 Å². The predicted molar refractivity (Wildman–Crippen MR) is 136 cm³/mol. The second-order valence-electron chi connectivity index (χ2n) is 9.13. The Morgan fingerprint density at radius 2 is 1.81 bits per heavy atom. The van der Waals surface area contributed by atoms with E-state index in [0.29, 0.717) is 45.0 Å². The minimum atomic E-state index is -0.321. The van der Waals surface area contributed by atoms with Crippen LogP contribution in [0.25, 0.3) is 0 Å². The van der Waals surface area contributed by atoms with E-state index in [1.807, 2.05) is 38.1 Å². The van der Waals surface area contributed by atoms with Gasteiger partial charge in [0.1, 0.15) is 12.4 Å². The van der Waals surface area contributed by atoms with Crippen LogP contribution in [0.5, 0.6) is 0 Å². The van der Waals surface area contributed by atoms with E-state index in [1.54, 1.807) is 17.0 Å². The van der Waals surface area contributed by atoms with E-state index in [1.165, 1.54) is 17.1 Å². The van der Waals surface area contributed by atoms with Crippen molar-refractivity contribution in [2.45, 2.75) is 26.3 Å². The Morgan fingerprint density at radius 1 is 1.11 bits per heavy atom. The number of nitrogens with one attached hydrogen (secondary N) is 1. The number of hydrogen-bond acceptors (Lipinski definition) is 5. The van der Waals surface area contributed by atoms with Crippen molar-refractivity contribution in [2.24, 2.45) is 5.10 Å². The zero-order valence-corrected chi connectivity index (χ0v) is 21.0. The Kier molecular flexibility index (Phi) is 8.66. The molecule has 0 unspecified atom stereocenters. The Morgan fingerprint density at radius 3 is 2.47 bits per heavy atom. The van der Waals surface area contributed by atoms with E-state index >= 15 is 0 Å². The van der Waals surface area contributed by atoms with Gasteiger partial charge in [-0.05, 0) is 37.1 Å². The molecule has 1 atom stereocenters. The van der Waals surface area contributed by atoms with Gasteiger partial charge in [0, 0.05) is 39.1 Å². The third-order valence-electron chi connectivity index (χ3n) is 6.54. The number of rotatable bonds is 8. The first-order valence-corrected chi connectivity index (χ1v) is 12.5. The molecule has 8 nitrogen and oxygen atoms in total. The molecule has 2 aliphatic heterocycles. The van der Waals surface area contributed by atoms with E-state index in [4.69, 9.17) is 4.74 Å². The first-order valence-electron chi connectivity index (χ1n) is 12.5. The van der Waals surface area contributed by atoms with E-state index in [-0.39, 0.29) is 30.3 Å². The molecule has 4 rings (SSSR count). The van der Waals surface area contributed by atoms with Crippen LogP contribution in [0.2, 0.25) is 0 Å². The summed E-state index contributed by atoms with van der Waals surface area (Å²) in [6.07, 6.45) is 0.509. The van der Waals surface area contributed by atoms with Crippen LogP contribution in [0, 0.1) is 12.7 Å². The number of carbonyl (C=O) groups excluding carboxylic acids is 2. The van der Waals surface area contributed by atoms with Crippen molar-refractivity contribution in [1.29, 1.82) is 0 Å². The molecule has 0 aromatic heterocycles. The number of nitrogens with zero attached hydrogens (tertiary/aromatic N) is 4. The Hall–Kier alpha value is -3.30. The molecule has 36 heavy (non-hydrogen) atoms. The van der Waals surface area contributed by atoms with E-state index in [9.17, 15) is 14.0 Å². The molecule has 1 saturated heterocycles. The van der Waals surface area contributed by atoms with Gasteiger partial charge in [0.25, 0.3) is 5.91 Å². The van der Waals surface area contributed by atoms with Crippen LogP contribution >= 0.6 is 0 Å². The monoisotopic (exact) mass is 495 g/mol. The lowest BCUT2D eigenvalue weighted by atomic mass is 9.97. The SMILES string of the molecule is CCNC(=O)N(CCN1CCOCC1)CC(=O)N1N=C(c2ccc(F)cc2)C[C@@H]1c1ccc(C)cc1. The minimum Gasteiger partial charge on any atom is -0.379 e. The fraction of sp³-hybridized carbons (Fsp3) is 0.444. The molecule has 192 valence electrons. The highest BCUT2D eigenvalue weighted by atomic mass is 19.1. The third kappa shape index (κ3) is 6.47. The standard InChI is InChI=1S/C27H34FN5O3/c1-3-29-27(35)32(13-12-31-14-16-36-17-15-31)19-26(34)33-25(22-6-4-20(2)5-7-22)18-24(30-33)21-8-10-23(28)11-9-21/h4-11,25H,3,12-19H2,1-2H3,(H,29,35)/t25-/m1/s1. The molecule has 1 fully saturated rings. The topological polar surface area (TPSA) is 77.5 Å². The maximum atomic E-state index is 13.6. The van der Waals surface area contributed by atoms with Crippen molar-refractivity contribution in [3.8, 4) is 0 Å². The number of morpholine rings is 1. The highest BCUT2D eigenvalue weighted by Gasteiger charge is 2.34. The number of halogens is 1. The smallest absolute Gasteiger partial charge is 0.317 e. The van der Waals surface area contributed by atoms with Crippen molar-refractivity contribution in [3.63, 3.8) is 0 Å². The van der Waals surface area contributed by atoms with Crippen molar-refractivity contribution in [1.82, 2.24) is 20.1 Å². The van der Waals surface area contributed by atoms with Gasteiger partial charge < -0.3 is 15.0 Å². The van der Waals surface area contributed by atoms with Crippen LogP contribution in [0.3, 0.4) is 0 Å². The molecule has 0 saturated carbocycles. The zero-order valence-electron chi connectivity index (χ0n) is 21.0. The summed E-state index contributed by atoms with van der Waals surface area (Å²) in [5.41, 5.74) is 3.58. The van der Waals surface area contributed by atoms with Gasteiger partial charge in [0.05, 0.1) is 25.0 Å². The summed E-state index contributed by atoms with van der Waals surface area (Å²) in [4.78, 5) is 30.2. The molecule has 0 radical (unpaired) electrons. The first kappa shape index (κ1) is 25.8. The zero-order chi connectivity index (χ0) is 25.5. The molecule has 2 aliphatic rings. The molecule has 2 heterocycles. The number of hydrazone groups is 1. The summed E-state index contributed by atoms with van der Waals surface area (Å²) in [6, 6.07) is 13.6. The molecule has 9 heteroatoms. The highest BCUT2D eigenvalue weighted by Crippen LogP contribution is 2.33. The highest BCUT2D eigenvalue weighted by molar-refractivity contribution is 6.03. The third-order valence-corrected chi connectivity index (χ3v) is 6.54. The van der Waals surface area contributed by atoms with Gasteiger partial charge in [-0.2, -0.15) is 5.10 Å². The lowest BCUT2D eigenvalue weighted by Crippen LogP contribution is -2.49. The number of benzene rings is 2. The number of ether oxygens (including phenoxy) is 1. The predicted octanol–water partition coefficient (Wildman–Crippen LogP) is 3.18. The number of aryl methyl sites for hydroxylation is 1. The summed E-state index contributed by atoms with van der Waals surface area (Å²) in [5, 5.41) is 8.98. The van der Waals surface area contributed by atoms with E-state index in [0.717, 1.165) is 29.8 Å². The number of carbonyl (C=O) groups is 2. The number of hydrogen-bond donors (Lipinski definition) is 1. The largest absolute Gasteiger partial charge is 0.379 e. The van der Waals surface area contributed by atoms with Crippen LogP contribution in [0.4, 0.5) is 9.18 Å². The lowest BCUT2D eigenvalue weighted by Gasteiger charge is -2.31. The molecule has 2 aromatic rings. The maximum absolute atomic E-state index is 13.6. The number of amides is 3. The van der Waals surface area contributed by atoms with Crippen molar-refractivity contribution in [2.75, 3.05) is 52.5 Å². The summed E-state index contributed by atoms with van der Waals surface area (Å²) in [7, 11) is 0. The van der Waals surface area contributed by atoms with Gasteiger partial charge in [-0.25, -0.2) is 14.2 Å². The fourth-order valence-electron chi connectivity index (χ4n) is 4.44. The average Bonchev–Trinajstić information content (AvgIpc) is 3.33. The van der Waals surface area contributed by atoms with Crippen LogP contribution in [0.1, 0.15) is 36.1 Å². The molecule has 0 bridgehead atoms. The van der Waals surface area contributed by atoms with E-state index in [2.05, 4.69) is 15.3 Å². The summed E-state index contributed by atoms with van der Waals surface area (Å²) in [6.45, 7) is 8.32. The van der Waals surface area contributed by atoms with Gasteiger partial charge in [0.15, 0.2) is 0 Å². The second-order valence-corrected chi connectivity index (χ2v) is 9.13. The van der Waals surface area contributed by atoms with Gasteiger partial charge in [0.2, 0.25) is 0 Å². The molecule has 1 N–H and O–H groups in total. The average molecular weight is 496 g/mol. The van der Waals surface area contributed by atoms with Gasteiger partial charge >= 0.3 is 6.03 Å². The van der Waals surface area contributed by atoms with Crippen molar-refractivity contribution in [3.05, 3.63) is 71.0 Å². The maximum Gasteiger partial charge on any atom is 0.317 e. The lowest BCUT2D eigenvalue weighted by molar-refractivity contribution is -0.133. The first-order chi connectivity index (χ1) is 17.4. The number of urea groups is 1. The van der Waals surface area contributed by atoms with Crippen LogP contribution in [-0.4, -0.2) is 84.9 Å². The van der Waals surface area contributed by atoms with Gasteiger partial charge in [-0.1, -0.05) is 42.0 Å². The molecule has 2 aromatic carbocycles. The Bertz CT molecular complexity index is 1070. The second kappa shape index (κ2) is 12.1. The van der Waals surface area contributed by atoms with Crippen LogP contribution < -0.4 is 5.32 Å². The normalized spacial score (nSPS) is 18.1. The summed E-state index contributed by atoms with van der Waals surface area (Å²) < 4.78 is 18.9. The Balaban J connectivity index is 1.54. The minimum absolute atomic E-state index is 0.0846. The van der Waals surface area contributed by atoms with Gasteiger partial charge in [-0.3, -0.25) is 9.69 Å². The van der Waals surface area contributed by atoms with Crippen LogP contribution in [-0.2, 0) is 9.53 Å². The Labute approximate surface area is 211 Å². The fourth-order valence-corrected chi connectivity index (χ4v) is 4.44. The molecule has 3 amide bonds. The molecule has 0 aliphatic carbocycles. The quantitative estimate of drug-likeness (QED) is 0.610. The summed E-state index contributed by atoms with van der Waals surface area (Å²) >= 11 is 0. The van der Waals surface area contributed by atoms with Crippen molar-refractivity contribution < 1.29 is 18.7 Å². The van der Waals surface area contributed by atoms with Crippen molar-refractivity contribution >= 4 is 17.6 Å². The van der Waals surface area contributed by atoms with E-state index < -0.39 is 0 Å². The van der Waals surface area contributed by atoms with Crippen LogP contribution in [0.15, 0.2) is 53.6 Å². The molecule has 0 spiro atoms. The summed E-state index contributed by atoms with van der Waals surface area (Å²) in [5.74, 6) is -0.580. The molecular formula is C27H34FN5O3. The molecular weight excluding hydrogens is 461 g/mol.